The second-order valence-electron chi connectivity index (χ2n) is 6.89. The fourth-order valence-corrected chi connectivity index (χ4v) is 3.75. The molecule has 2 nitrogen and oxygen atoms in total. The van der Waals surface area contributed by atoms with Crippen LogP contribution in [0.5, 0.6) is 0 Å². The van der Waals surface area contributed by atoms with Gasteiger partial charge in [-0.2, -0.15) is 0 Å². The van der Waals surface area contributed by atoms with Crippen molar-refractivity contribution in [3.63, 3.8) is 0 Å². The van der Waals surface area contributed by atoms with Crippen LogP contribution in [0.15, 0.2) is 18.2 Å². The third-order valence-corrected chi connectivity index (χ3v) is 5.62. The van der Waals surface area contributed by atoms with E-state index in [0.717, 1.165) is 6.54 Å². The maximum absolute atomic E-state index is 3.54. The highest BCUT2D eigenvalue weighted by molar-refractivity contribution is 5.33. The van der Waals surface area contributed by atoms with Crippen LogP contribution < -0.4 is 5.32 Å². The van der Waals surface area contributed by atoms with Crippen LogP contribution in [0, 0.1) is 19.3 Å². The monoisotopic (exact) mass is 288 g/mol. The summed E-state index contributed by atoms with van der Waals surface area (Å²) in [5.74, 6) is 0. The van der Waals surface area contributed by atoms with Crippen LogP contribution in [-0.4, -0.2) is 31.6 Å². The number of hydrogen-bond donors (Lipinski definition) is 1. The molecule has 1 heterocycles. The maximum atomic E-state index is 3.54. The molecule has 0 aromatic heterocycles. The molecule has 0 radical (unpaired) electrons. The van der Waals surface area contributed by atoms with E-state index in [0.29, 0.717) is 11.5 Å². The highest BCUT2D eigenvalue weighted by Crippen LogP contribution is 2.37. The van der Waals surface area contributed by atoms with E-state index in [2.05, 4.69) is 63.2 Å². The SMILES string of the molecule is CCC1(CC)CCN(CC(NC)c2cc(C)ccc2C)C1. The smallest absolute Gasteiger partial charge is 0.0449 e. The standard InChI is InChI=1S/C19H32N2/c1-6-19(7-2)10-11-21(14-19)13-18(20-5)17-12-15(3)8-9-16(17)4/h8-9,12,18,20H,6-7,10-11,13-14H2,1-5H3. The summed E-state index contributed by atoms with van der Waals surface area (Å²) in [6.07, 6.45) is 3.99. The molecule has 2 heteroatoms. The predicted molar refractivity (Wildman–Crippen MR) is 91.8 cm³/mol. The molecule has 1 saturated heterocycles. The number of rotatable bonds is 6. The summed E-state index contributed by atoms with van der Waals surface area (Å²) in [5, 5.41) is 3.54. The second kappa shape index (κ2) is 6.93. The minimum absolute atomic E-state index is 0.439. The molecule has 0 bridgehead atoms. The predicted octanol–water partition coefficient (Wildman–Crippen LogP) is 4.08. The average Bonchev–Trinajstić information content (AvgIpc) is 2.91. The minimum Gasteiger partial charge on any atom is -0.312 e. The van der Waals surface area contributed by atoms with Crippen molar-refractivity contribution < 1.29 is 0 Å². The zero-order valence-electron chi connectivity index (χ0n) is 14.5. The molecule has 1 N–H and O–H groups in total. The quantitative estimate of drug-likeness (QED) is 0.848. The summed E-state index contributed by atoms with van der Waals surface area (Å²) in [4.78, 5) is 2.66. The molecule has 1 atom stereocenters. The molecule has 2 rings (SSSR count). The molecular weight excluding hydrogens is 256 g/mol. The Morgan fingerprint density at radius 2 is 1.95 bits per heavy atom. The van der Waals surface area contributed by atoms with Gasteiger partial charge in [-0.15, -0.1) is 0 Å². The molecule has 0 spiro atoms. The zero-order valence-corrected chi connectivity index (χ0v) is 14.5. The lowest BCUT2D eigenvalue weighted by Gasteiger charge is -2.29. The molecule has 1 aromatic rings. The van der Waals surface area contributed by atoms with E-state index in [4.69, 9.17) is 0 Å². The molecule has 21 heavy (non-hydrogen) atoms. The first kappa shape index (κ1) is 16.5. The van der Waals surface area contributed by atoms with Gasteiger partial charge in [-0.05, 0) is 63.2 Å². The fraction of sp³-hybridized carbons (Fsp3) is 0.684. The Kier molecular flexibility index (Phi) is 5.45. The molecule has 1 aromatic carbocycles. The van der Waals surface area contributed by atoms with Crippen molar-refractivity contribution in [1.82, 2.24) is 10.2 Å². The third-order valence-electron chi connectivity index (χ3n) is 5.62. The summed E-state index contributed by atoms with van der Waals surface area (Å²) in [5.41, 5.74) is 4.79. The lowest BCUT2D eigenvalue weighted by Crippen LogP contribution is -2.34. The van der Waals surface area contributed by atoms with Gasteiger partial charge in [-0.1, -0.05) is 37.6 Å². The van der Waals surface area contributed by atoms with Gasteiger partial charge in [0, 0.05) is 19.1 Å². The molecule has 1 unspecified atom stereocenters. The average molecular weight is 288 g/mol. The molecule has 0 amide bonds. The maximum Gasteiger partial charge on any atom is 0.0449 e. The van der Waals surface area contributed by atoms with Crippen LogP contribution in [0.2, 0.25) is 0 Å². The Hall–Kier alpha value is -0.860. The van der Waals surface area contributed by atoms with Gasteiger partial charge in [0.15, 0.2) is 0 Å². The normalized spacial score (nSPS) is 19.9. The van der Waals surface area contributed by atoms with E-state index in [1.165, 1.54) is 49.0 Å². The first-order valence-corrected chi connectivity index (χ1v) is 8.50. The van der Waals surface area contributed by atoms with Gasteiger partial charge in [0.25, 0.3) is 0 Å². The van der Waals surface area contributed by atoms with Gasteiger partial charge < -0.3 is 10.2 Å². The number of likely N-dealkylation sites (N-methyl/N-ethyl adjacent to an activating group) is 1. The van der Waals surface area contributed by atoms with E-state index in [1.54, 1.807) is 0 Å². The summed E-state index contributed by atoms with van der Waals surface area (Å²) >= 11 is 0. The number of hydrogen-bond acceptors (Lipinski definition) is 2. The summed E-state index contributed by atoms with van der Waals surface area (Å²) in [6, 6.07) is 7.25. The van der Waals surface area contributed by atoms with Crippen molar-refractivity contribution in [3.8, 4) is 0 Å². The molecule has 1 fully saturated rings. The largest absolute Gasteiger partial charge is 0.312 e. The van der Waals surface area contributed by atoms with Gasteiger partial charge >= 0.3 is 0 Å². The van der Waals surface area contributed by atoms with Crippen molar-refractivity contribution in [3.05, 3.63) is 34.9 Å². The van der Waals surface area contributed by atoms with Crippen LogP contribution in [0.1, 0.15) is 55.8 Å². The Balaban J connectivity index is 2.08. The number of likely N-dealkylation sites (tertiary alicyclic amines) is 1. The van der Waals surface area contributed by atoms with Crippen molar-refractivity contribution in [2.24, 2.45) is 5.41 Å². The first-order valence-electron chi connectivity index (χ1n) is 8.50. The van der Waals surface area contributed by atoms with E-state index >= 15 is 0 Å². The Labute approximate surface area is 130 Å². The molecule has 1 aliphatic rings. The summed E-state index contributed by atoms with van der Waals surface area (Å²) in [6.45, 7) is 12.8. The first-order chi connectivity index (χ1) is 10.0. The van der Waals surface area contributed by atoms with Crippen LogP contribution in [0.4, 0.5) is 0 Å². The molecule has 1 aliphatic heterocycles. The Morgan fingerprint density at radius 1 is 1.24 bits per heavy atom. The van der Waals surface area contributed by atoms with Crippen LogP contribution in [-0.2, 0) is 0 Å². The lowest BCUT2D eigenvalue weighted by atomic mass is 9.82. The van der Waals surface area contributed by atoms with Gasteiger partial charge in [0.1, 0.15) is 0 Å². The fourth-order valence-electron chi connectivity index (χ4n) is 3.75. The molecule has 118 valence electrons. The number of nitrogens with one attached hydrogen (secondary N) is 1. The van der Waals surface area contributed by atoms with E-state index in [-0.39, 0.29) is 0 Å². The number of benzene rings is 1. The third kappa shape index (κ3) is 3.67. The van der Waals surface area contributed by atoms with E-state index in [1.807, 2.05) is 0 Å². The second-order valence-corrected chi connectivity index (χ2v) is 6.89. The molecular formula is C19H32N2. The van der Waals surface area contributed by atoms with Gasteiger partial charge in [0.2, 0.25) is 0 Å². The Morgan fingerprint density at radius 3 is 2.52 bits per heavy atom. The van der Waals surface area contributed by atoms with Crippen LogP contribution in [0.3, 0.4) is 0 Å². The highest BCUT2D eigenvalue weighted by atomic mass is 15.2. The van der Waals surface area contributed by atoms with Crippen molar-refractivity contribution in [2.75, 3.05) is 26.7 Å². The van der Waals surface area contributed by atoms with Crippen LogP contribution >= 0.6 is 0 Å². The van der Waals surface area contributed by atoms with Crippen molar-refractivity contribution in [2.45, 2.75) is 53.0 Å². The highest BCUT2D eigenvalue weighted by Gasteiger charge is 2.35. The van der Waals surface area contributed by atoms with Crippen LogP contribution in [0.25, 0.3) is 0 Å². The van der Waals surface area contributed by atoms with E-state index < -0.39 is 0 Å². The minimum atomic E-state index is 0.439. The summed E-state index contributed by atoms with van der Waals surface area (Å²) in [7, 11) is 2.09. The van der Waals surface area contributed by atoms with Crippen molar-refractivity contribution in [1.29, 1.82) is 0 Å². The van der Waals surface area contributed by atoms with Gasteiger partial charge in [0.05, 0.1) is 0 Å². The zero-order chi connectivity index (χ0) is 15.5. The lowest BCUT2D eigenvalue weighted by molar-refractivity contribution is 0.227. The van der Waals surface area contributed by atoms with E-state index in [9.17, 15) is 0 Å². The Bertz CT molecular complexity index is 463. The molecule has 0 saturated carbocycles. The topological polar surface area (TPSA) is 15.3 Å². The summed E-state index contributed by atoms with van der Waals surface area (Å²) < 4.78 is 0. The molecule has 0 aliphatic carbocycles. The van der Waals surface area contributed by atoms with Gasteiger partial charge in [-0.25, -0.2) is 0 Å². The van der Waals surface area contributed by atoms with Gasteiger partial charge in [-0.3, -0.25) is 0 Å². The number of nitrogens with zero attached hydrogens (tertiary/aromatic N) is 1. The number of aryl methyl sites for hydroxylation is 2. The van der Waals surface area contributed by atoms with Crippen molar-refractivity contribution >= 4 is 0 Å².